The van der Waals surface area contributed by atoms with E-state index in [1.54, 1.807) is 0 Å². The molecule has 3 nitrogen and oxygen atoms in total. The van der Waals surface area contributed by atoms with E-state index < -0.39 is 0 Å². The third-order valence-electron chi connectivity index (χ3n) is 6.35. The minimum atomic E-state index is 0.145. The van der Waals surface area contributed by atoms with Gasteiger partial charge in [-0.25, -0.2) is 0 Å². The maximum Gasteiger partial charge on any atom is 0.0991 e. The molecular formula is C25H24N2O. The van der Waals surface area contributed by atoms with E-state index in [0.717, 1.165) is 50.0 Å². The number of ether oxygens (including phenoxy) is 1. The Kier molecular flexibility index (Phi) is 5.03. The van der Waals surface area contributed by atoms with Gasteiger partial charge in [0, 0.05) is 18.6 Å². The van der Waals surface area contributed by atoms with E-state index in [-0.39, 0.29) is 5.41 Å². The summed E-state index contributed by atoms with van der Waals surface area (Å²) in [6.07, 6.45) is 4.49. The van der Waals surface area contributed by atoms with Crippen LogP contribution in [0.1, 0.15) is 55.7 Å². The lowest BCUT2D eigenvalue weighted by atomic mass is 9.75. The second-order valence-electron chi connectivity index (χ2n) is 7.79. The van der Waals surface area contributed by atoms with E-state index in [0.29, 0.717) is 12.0 Å². The normalized spacial score (nSPS) is 19.0. The van der Waals surface area contributed by atoms with Crippen LogP contribution >= 0.6 is 0 Å². The van der Waals surface area contributed by atoms with Crippen LogP contribution in [-0.2, 0) is 10.2 Å². The first kappa shape index (κ1) is 18.5. The second-order valence-corrected chi connectivity index (χ2v) is 7.79. The summed E-state index contributed by atoms with van der Waals surface area (Å²) in [5.41, 5.74) is 8.34. The highest BCUT2D eigenvalue weighted by atomic mass is 16.5. The molecule has 0 aromatic heterocycles. The predicted octanol–water partition coefficient (Wildman–Crippen LogP) is 5.75. The molecule has 2 aromatic carbocycles. The topological polar surface area (TPSA) is 56.8 Å². The van der Waals surface area contributed by atoms with Gasteiger partial charge in [0.2, 0.25) is 0 Å². The summed E-state index contributed by atoms with van der Waals surface area (Å²) in [7, 11) is 0. The van der Waals surface area contributed by atoms with E-state index in [4.69, 9.17) is 4.74 Å². The van der Waals surface area contributed by atoms with Crippen LogP contribution in [-0.4, -0.2) is 13.2 Å². The molecule has 0 bridgehead atoms. The molecule has 3 heteroatoms. The zero-order chi connectivity index (χ0) is 19.6. The maximum absolute atomic E-state index is 9.33. The molecule has 0 N–H and O–H groups in total. The van der Waals surface area contributed by atoms with Crippen LogP contribution in [0.4, 0.5) is 0 Å². The lowest BCUT2D eigenvalue weighted by molar-refractivity contribution is 0.0536. The van der Waals surface area contributed by atoms with Gasteiger partial charge < -0.3 is 4.74 Å². The van der Waals surface area contributed by atoms with Crippen molar-refractivity contribution in [3.8, 4) is 23.3 Å². The highest BCUT2D eigenvalue weighted by Crippen LogP contribution is 2.53. The average molecular weight is 368 g/mol. The summed E-state index contributed by atoms with van der Waals surface area (Å²) in [5, 5.41) is 18.6. The highest BCUT2D eigenvalue weighted by Gasteiger charge is 2.43. The summed E-state index contributed by atoms with van der Waals surface area (Å²) >= 11 is 0. The first-order chi connectivity index (χ1) is 13.7. The number of fused-ring (bicyclic) bond motifs is 2. The number of allylic oxidation sites excluding steroid dienone is 2. The number of rotatable bonds is 3. The van der Waals surface area contributed by atoms with E-state index in [2.05, 4.69) is 43.3 Å². The second kappa shape index (κ2) is 7.63. The first-order valence-electron chi connectivity index (χ1n) is 10.0. The van der Waals surface area contributed by atoms with Crippen molar-refractivity contribution in [1.29, 1.82) is 10.5 Å². The molecule has 1 saturated heterocycles. The third-order valence-corrected chi connectivity index (χ3v) is 6.35. The van der Waals surface area contributed by atoms with E-state index in [1.807, 2.05) is 18.2 Å². The van der Waals surface area contributed by atoms with Gasteiger partial charge in [-0.1, -0.05) is 36.8 Å². The summed E-state index contributed by atoms with van der Waals surface area (Å²) < 4.78 is 5.66. The van der Waals surface area contributed by atoms with Crippen molar-refractivity contribution in [2.75, 3.05) is 13.2 Å². The fourth-order valence-corrected chi connectivity index (χ4v) is 4.80. The molecule has 0 amide bonds. The van der Waals surface area contributed by atoms with Crippen molar-refractivity contribution in [2.24, 2.45) is 0 Å². The standard InChI is InChI=1S/C25H24N2O/c1-2-19(8-11-26)23-16-25(9-12-28-13-10-25)24-7-6-21(15-22(23)24)20-5-3-4-18(14-20)17-27/h3-7,14-15H,2,8-10,12-13,16H2,1H3. The van der Waals surface area contributed by atoms with Crippen molar-refractivity contribution in [3.63, 3.8) is 0 Å². The maximum atomic E-state index is 9.33. The average Bonchev–Trinajstić information content (AvgIpc) is 3.05. The summed E-state index contributed by atoms with van der Waals surface area (Å²) in [6, 6.07) is 19.1. The molecule has 0 unspecified atom stereocenters. The number of hydrogen-bond acceptors (Lipinski definition) is 3. The van der Waals surface area contributed by atoms with Gasteiger partial charge in [0.15, 0.2) is 0 Å². The molecule has 2 aromatic rings. The molecule has 0 saturated carbocycles. The van der Waals surface area contributed by atoms with Crippen LogP contribution in [0.25, 0.3) is 16.7 Å². The van der Waals surface area contributed by atoms with Crippen molar-refractivity contribution >= 4 is 5.57 Å². The van der Waals surface area contributed by atoms with Crippen LogP contribution in [0.15, 0.2) is 48.0 Å². The Balaban J connectivity index is 1.88. The SMILES string of the molecule is CCC(CC#N)=C1CC2(CCOCC2)c2ccc(-c3cccc(C#N)c3)cc21. The van der Waals surface area contributed by atoms with Gasteiger partial charge in [-0.2, -0.15) is 10.5 Å². The van der Waals surface area contributed by atoms with E-state index >= 15 is 0 Å². The molecule has 140 valence electrons. The molecule has 28 heavy (non-hydrogen) atoms. The largest absolute Gasteiger partial charge is 0.381 e. The quantitative estimate of drug-likeness (QED) is 0.692. The molecule has 1 fully saturated rings. The Bertz CT molecular complexity index is 1010. The van der Waals surface area contributed by atoms with Gasteiger partial charge in [-0.3, -0.25) is 0 Å². The Morgan fingerprint density at radius 3 is 2.57 bits per heavy atom. The van der Waals surface area contributed by atoms with E-state index in [1.165, 1.54) is 22.3 Å². The molecule has 1 aliphatic carbocycles. The minimum absolute atomic E-state index is 0.145. The molecule has 2 aliphatic rings. The van der Waals surface area contributed by atoms with Gasteiger partial charge in [0.25, 0.3) is 0 Å². The number of hydrogen-bond donors (Lipinski definition) is 0. The van der Waals surface area contributed by atoms with Gasteiger partial charge >= 0.3 is 0 Å². The van der Waals surface area contributed by atoms with Crippen molar-refractivity contribution < 1.29 is 4.74 Å². The van der Waals surface area contributed by atoms with Crippen LogP contribution in [0.3, 0.4) is 0 Å². The monoisotopic (exact) mass is 368 g/mol. The Hall–Kier alpha value is -2.88. The molecule has 1 aliphatic heterocycles. The van der Waals surface area contributed by atoms with Gasteiger partial charge in [0.1, 0.15) is 0 Å². The van der Waals surface area contributed by atoms with Crippen molar-refractivity contribution in [2.45, 2.75) is 44.4 Å². The molecule has 0 atom stereocenters. The minimum Gasteiger partial charge on any atom is -0.381 e. The molecule has 4 rings (SSSR count). The Labute approximate surface area is 166 Å². The molecule has 1 heterocycles. The van der Waals surface area contributed by atoms with Crippen molar-refractivity contribution in [3.05, 3.63) is 64.7 Å². The van der Waals surface area contributed by atoms with E-state index in [9.17, 15) is 10.5 Å². The van der Waals surface area contributed by atoms with Crippen LogP contribution in [0.5, 0.6) is 0 Å². The summed E-state index contributed by atoms with van der Waals surface area (Å²) in [5.74, 6) is 0. The fraction of sp³-hybridized carbons (Fsp3) is 0.360. The Morgan fingerprint density at radius 2 is 1.86 bits per heavy atom. The molecular weight excluding hydrogens is 344 g/mol. The molecule has 1 spiro atoms. The Morgan fingerprint density at radius 1 is 1.07 bits per heavy atom. The van der Waals surface area contributed by atoms with Crippen molar-refractivity contribution in [1.82, 2.24) is 0 Å². The predicted molar refractivity (Wildman–Crippen MR) is 110 cm³/mol. The third kappa shape index (κ3) is 3.13. The van der Waals surface area contributed by atoms with Crippen LogP contribution in [0.2, 0.25) is 0 Å². The zero-order valence-corrected chi connectivity index (χ0v) is 16.3. The van der Waals surface area contributed by atoms with Gasteiger partial charge in [0.05, 0.1) is 24.1 Å². The van der Waals surface area contributed by atoms with Crippen LogP contribution in [0, 0.1) is 22.7 Å². The number of benzene rings is 2. The first-order valence-corrected chi connectivity index (χ1v) is 10.0. The molecule has 0 radical (unpaired) electrons. The lowest BCUT2D eigenvalue weighted by Gasteiger charge is -2.34. The zero-order valence-electron chi connectivity index (χ0n) is 16.3. The summed E-state index contributed by atoms with van der Waals surface area (Å²) in [6.45, 7) is 3.76. The van der Waals surface area contributed by atoms with Crippen LogP contribution < -0.4 is 0 Å². The van der Waals surface area contributed by atoms with Gasteiger partial charge in [-0.05, 0) is 71.7 Å². The fourth-order valence-electron chi connectivity index (χ4n) is 4.80. The lowest BCUT2D eigenvalue weighted by Crippen LogP contribution is -2.31. The number of nitriles is 2. The van der Waals surface area contributed by atoms with Gasteiger partial charge in [-0.15, -0.1) is 0 Å². The summed E-state index contributed by atoms with van der Waals surface area (Å²) in [4.78, 5) is 0. The highest BCUT2D eigenvalue weighted by molar-refractivity contribution is 5.82. The number of nitrogens with zero attached hydrogens (tertiary/aromatic N) is 2. The smallest absolute Gasteiger partial charge is 0.0991 e.